The highest BCUT2D eigenvalue weighted by Crippen LogP contribution is 2.40. The van der Waals surface area contributed by atoms with E-state index >= 15 is 0 Å². The smallest absolute Gasteiger partial charge is 0.345 e. The van der Waals surface area contributed by atoms with E-state index in [-0.39, 0.29) is 5.95 Å². The third-order valence-electron chi connectivity index (χ3n) is 3.76. The highest BCUT2D eigenvalue weighted by Gasteiger charge is 2.27. The summed E-state index contributed by atoms with van der Waals surface area (Å²) in [5.41, 5.74) is 3.71. The van der Waals surface area contributed by atoms with Crippen LogP contribution in [0.4, 0.5) is 19.1 Å². The molecule has 4 heterocycles. The summed E-state index contributed by atoms with van der Waals surface area (Å²) in [4.78, 5) is 16.3. The lowest BCUT2D eigenvalue weighted by atomic mass is 10.1. The van der Waals surface area contributed by atoms with Crippen LogP contribution in [0, 0.1) is 0 Å². The Morgan fingerprint density at radius 3 is 3.00 bits per heavy atom. The van der Waals surface area contributed by atoms with Crippen molar-refractivity contribution in [3.8, 4) is 0 Å². The number of hydrogen-bond acceptors (Lipinski definition) is 5. The fourth-order valence-corrected chi connectivity index (χ4v) is 3.67. The van der Waals surface area contributed by atoms with E-state index in [1.165, 1.54) is 11.8 Å². The maximum Gasteiger partial charge on any atom is 0.405 e. The van der Waals surface area contributed by atoms with Crippen LogP contribution >= 0.6 is 11.8 Å². The van der Waals surface area contributed by atoms with Crippen molar-refractivity contribution in [3.63, 3.8) is 0 Å². The minimum absolute atomic E-state index is 0.0574. The zero-order chi connectivity index (χ0) is 17.4. The van der Waals surface area contributed by atoms with Crippen molar-refractivity contribution < 1.29 is 13.2 Å². The van der Waals surface area contributed by atoms with Gasteiger partial charge < -0.3 is 10.3 Å². The number of aromatic amines is 1. The number of hydrogen-bond donors (Lipinski definition) is 2. The fraction of sp³-hybridized carbons (Fsp3) is 0.188. The van der Waals surface area contributed by atoms with Crippen LogP contribution in [0.3, 0.4) is 0 Å². The molecule has 0 aromatic carbocycles. The molecule has 0 saturated carbocycles. The molecular weight excluding hydrogens is 351 g/mol. The van der Waals surface area contributed by atoms with Gasteiger partial charge >= 0.3 is 6.18 Å². The minimum atomic E-state index is -4.32. The molecule has 0 radical (unpaired) electrons. The summed E-state index contributed by atoms with van der Waals surface area (Å²) >= 11 is 1.69. The van der Waals surface area contributed by atoms with Gasteiger partial charge in [0.25, 0.3) is 0 Å². The van der Waals surface area contributed by atoms with Gasteiger partial charge in [0.2, 0.25) is 5.95 Å². The number of pyridine rings is 1. The highest BCUT2D eigenvalue weighted by atomic mass is 32.2. The van der Waals surface area contributed by atoms with Crippen molar-refractivity contribution >= 4 is 39.7 Å². The van der Waals surface area contributed by atoms with Gasteiger partial charge in [-0.25, -0.2) is 4.98 Å². The number of nitrogens with zero attached hydrogens (tertiary/aromatic N) is 3. The number of anilines is 1. The number of rotatable bonds is 3. The molecule has 0 saturated heterocycles. The molecule has 5 nitrogen and oxygen atoms in total. The van der Waals surface area contributed by atoms with E-state index in [1.807, 2.05) is 12.3 Å². The summed E-state index contributed by atoms with van der Waals surface area (Å²) in [7, 11) is 0. The zero-order valence-corrected chi connectivity index (χ0v) is 13.6. The molecule has 1 aliphatic rings. The quantitative estimate of drug-likeness (QED) is 0.734. The molecule has 0 amide bonds. The van der Waals surface area contributed by atoms with Crippen molar-refractivity contribution in [2.45, 2.75) is 11.9 Å². The Bertz CT molecular complexity index is 964. The van der Waals surface area contributed by atoms with Crippen LogP contribution < -0.4 is 5.32 Å². The summed E-state index contributed by atoms with van der Waals surface area (Å²) in [5, 5.41) is 2.95. The second-order valence-corrected chi connectivity index (χ2v) is 6.52. The maximum atomic E-state index is 12.3. The summed E-state index contributed by atoms with van der Waals surface area (Å²) in [6.07, 6.45) is 4.66. The van der Waals surface area contributed by atoms with Crippen LogP contribution in [-0.4, -0.2) is 32.7 Å². The third-order valence-corrected chi connectivity index (χ3v) is 4.86. The van der Waals surface area contributed by atoms with Crippen LogP contribution in [0.1, 0.15) is 16.7 Å². The van der Waals surface area contributed by atoms with E-state index < -0.39 is 12.7 Å². The first kappa shape index (κ1) is 15.9. The summed E-state index contributed by atoms with van der Waals surface area (Å²) < 4.78 is 36.8. The van der Waals surface area contributed by atoms with Crippen molar-refractivity contribution in [3.05, 3.63) is 47.5 Å². The average Bonchev–Trinajstić information content (AvgIpc) is 3.02. The van der Waals surface area contributed by atoms with E-state index in [1.54, 1.807) is 24.2 Å². The first-order valence-electron chi connectivity index (χ1n) is 7.42. The van der Waals surface area contributed by atoms with Gasteiger partial charge in [0.05, 0.1) is 0 Å². The second kappa shape index (κ2) is 6.07. The monoisotopic (exact) mass is 363 g/mol. The van der Waals surface area contributed by atoms with Crippen LogP contribution in [0.5, 0.6) is 0 Å². The van der Waals surface area contributed by atoms with Gasteiger partial charge in [-0.3, -0.25) is 4.98 Å². The van der Waals surface area contributed by atoms with E-state index in [2.05, 4.69) is 31.3 Å². The summed E-state index contributed by atoms with van der Waals surface area (Å²) in [6.45, 7) is -1.17. The summed E-state index contributed by atoms with van der Waals surface area (Å²) in [5.74, 6) is 0.778. The molecule has 0 unspecified atom stereocenters. The Morgan fingerprint density at radius 1 is 1.28 bits per heavy atom. The molecule has 0 atom stereocenters. The molecule has 2 N–H and O–H groups in total. The molecule has 9 heteroatoms. The zero-order valence-electron chi connectivity index (χ0n) is 12.8. The second-order valence-electron chi connectivity index (χ2n) is 5.50. The lowest BCUT2D eigenvalue weighted by Gasteiger charge is -2.15. The molecule has 128 valence electrons. The normalized spacial score (nSPS) is 14.3. The molecule has 0 bridgehead atoms. The first-order chi connectivity index (χ1) is 12.0. The van der Waals surface area contributed by atoms with Crippen LogP contribution in [0.25, 0.3) is 22.0 Å². The van der Waals surface area contributed by atoms with Gasteiger partial charge in [-0.15, -0.1) is 11.8 Å². The van der Waals surface area contributed by atoms with Gasteiger partial charge in [0, 0.05) is 46.4 Å². The van der Waals surface area contributed by atoms with Gasteiger partial charge in [0.15, 0.2) is 0 Å². The van der Waals surface area contributed by atoms with Crippen LogP contribution in [-0.2, 0) is 5.75 Å². The van der Waals surface area contributed by atoms with E-state index in [0.717, 1.165) is 27.2 Å². The van der Waals surface area contributed by atoms with E-state index in [4.69, 9.17) is 0 Å². The molecule has 4 rings (SSSR count). The number of H-pyrrole nitrogens is 1. The van der Waals surface area contributed by atoms with Crippen molar-refractivity contribution in [1.82, 2.24) is 19.9 Å². The predicted octanol–water partition coefficient (Wildman–Crippen LogP) is 4.07. The lowest BCUT2D eigenvalue weighted by Crippen LogP contribution is -2.22. The third kappa shape index (κ3) is 3.32. The molecule has 0 fully saturated rings. The fourth-order valence-electron chi connectivity index (χ4n) is 2.57. The highest BCUT2D eigenvalue weighted by molar-refractivity contribution is 8.07. The topological polar surface area (TPSA) is 66.5 Å². The first-order valence-corrected chi connectivity index (χ1v) is 8.41. The molecule has 1 aliphatic heterocycles. The Hall–Kier alpha value is -2.55. The SMILES string of the molecule is FC(F)(F)CNc1ncc2c(C3=Cc4cnccc4CS3)c[nH]c2n1. The van der Waals surface area contributed by atoms with Crippen molar-refractivity contribution in [1.29, 1.82) is 0 Å². The number of aromatic nitrogens is 4. The van der Waals surface area contributed by atoms with E-state index in [9.17, 15) is 13.2 Å². The van der Waals surface area contributed by atoms with Gasteiger partial charge in [-0.05, 0) is 23.3 Å². The number of halogens is 3. The number of fused-ring (bicyclic) bond motifs is 2. The Morgan fingerprint density at radius 2 is 2.16 bits per heavy atom. The molecule has 3 aromatic rings. The average molecular weight is 363 g/mol. The van der Waals surface area contributed by atoms with Crippen molar-refractivity contribution in [2.75, 3.05) is 11.9 Å². The van der Waals surface area contributed by atoms with Gasteiger partial charge in [0.1, 0.15) is 12.2 Å². The van der Waals surface area contributed by atoms with Crippen molar-refractivity contribution in [2.24, 2.45) is 0 Å². The number of thioether (sulfide) groups is 1. The summed E-state index contributed by atoms with van der Waals surface area (Å²) in [6, 6.07) is 1.99. The predicted molar refractivity (Wildman–Crippen MR) is 91.8 cm³/mol. The Balaban J connectivity index is 1.65. The number of nitrogens with one attached hydrogen (secondary N) is 2. The number of alkyl halides is 3. The lowest BCUT2D eigenvalue weighted by molar-refractivity contribution is -0.115. The Kier molecular flexibility index (Phi) is 3.87. The molecule has 3 aromatic heterocycles. The molecule has 25 heavy (non-hydrogen) atoms. The van der Waals surface area contributed by atoms with Crippen LogP contribution in [0.2, 0.25) is 0 Å². The van der Waals surface area contributed by atoms with E-state index in [0.29, 0.717) is 5.65 Å². The molecule has 0 spiro atoms. The largest absolute Gasteiger partial charge is 0.405 e. The van der Waals surface area contributed by atoms with Crippen LogP contribution in [0.15, 0.2) is 30.9 Å². The minimum Gasteiger partial charge on any atom is -0.345 e. The van der Waals surface area contributed by atoms with Gasteiger partial charge in [-0.1, -0.05) is 0 Å². The molecule has 0 aliphatic carbocycles. The van der Waals surface area contributed by atoms with Gasteiger partial charge in [-0.2, -0.15) is 18.2 Å². The maximum absolute atomic E-state index is 12.3. The Labute approximate surface area is 144 Å². The standard InChI is InChI=1S/C16H12F3N5S/c17-16(18,19)8-23-15-22-6-12-11(5-21-14(12)24-15)13-3-10-4-20-2-1-9(10)7-25-13/h1-6H,7-8H2,(H2,21,22,23,24). The molecular formula is C16H12F3N5S.